The van der Waals surface area contributed by atoms with Crippen molar-refractivity contribution in [3.63, 3.8) is 0 Å². The minimum Gasteiger partial charge on any atom is -0.290 e. The summed E-state index contributed by atoms with van der Waals surface area (Å²) >= 11 is 13.9. The van der Waals surface area contributed by atoms with E-state index in [0.717, 1.165) is 16.2 Å². The van der Waals surface area contributed by atoms with E-state index < -0.39 is 0 Å². The van der Waals surface area contributed by atoms with Crippen LogP contribution in [0.1, 0.15) is 11.1 Å². The van der Waals surface area contributed by atoms with Crippen LogP contribution in [0.4, 0.5) is 0 Å². The summed E-state index contributed by atoms with van der Waals surface area (Å²) in [6.07, 6.45) is 2.04. The lowest BCUT2D eigenvalue weighted by molar-refractivity contribution is 1.28. The van der Waals surface area contributed by atoms with Crippen molar-refractivity contribution in [3.8, 4) is 11.3 Å². The van der Waals surface area contributed by atoms with E-state index in [1.807, 2.05) is 18.3 Å². The highest BCUT2D eigenvalue weighted by Crippen LogP contribution is 2.34. The van der Waals surface area contributed by atoms with Crippen molar-refractivity contribution in [2.24, 2.45) is 0 Å². The Morgan fingerprint density at radius 3 is 2.59 bits per heavy atom. The number of aromatic nitrogens is 2. The minimum atomic E-state index is 0.620. The topological polar surface area (TPSA) is 17.3 Å². The van der Waals surface area contributed by atoms with Crippen LogP contribution in [0.3, 0.4) is 0 Å². The van der Waals surface area contributed by atoms with Crippen molar-refractivity contribution in [1.82, 2.24) is 9.38 Å². The molecule has 4 aromatic rings. The Labute approximate surface area is 141 Å². The van der Waals surface area contributed by atoms with Gasteiger partial charge in [-0.2, -0.15) is 0 Å². The number of rotatable bonds is 1. The second-order valence-electron chi connectivity index (χ2n) is 5.41. The third kappa shape index (κ3) is 2.12. The molecule has 2 aromatic carbocycles. The third-order valence-corrected chi connectivity index (χ3v) is 5.48. The molecule has 0 bridgehead atoms. The fourth-order valence-corrected chi connectivity index (χ4v) is 4.17. The number of aryl methyl sites for hydroxylation is 2. The largest absolute Gasteiger partial charge is 0.290 e. The van der Waals surface area contributed by atoms with Crippen molar-refractivity contribution < 1.29 is 0 Å². The molecular weight excluding hydrogens is 335 g/mol. The Morgan fingerprint density at radius 1 is 1.05 bits per heavy atom. The number of fused-ring (bicyclic) bond motifs is 3. The lowest BCUT2D eigenvalue weighted by Gasteiger charge is -2.01. The lowest BCUT2D eigenvalue weighted by atomic mass is 10.1. The maximum atomic E-state index is 6.29. The molecule has 2 heterocycles. The van der Waals surface area contributed by atoms with Gasteiger partial charge in [-0.1, -0.05) is 34.5 Å². The third-order valence-electron chi connectivity index (χ3n) is 3.92. The average Bonchev–Trinajstić information content (AvgIpc) is 2.98. The van der Waals surface area contributed by atoms with E-state index in [2.05, 4.69) is 30.4 Å². The molecular formula is C17H12Cl2N2S. The van der Waals surface area contributed by atoms with Crippen LogP contribution in [0.25, 0.3) is 26.4 Å². The maximum absolute atomic E-state index is 6.29. The fraction of sp³-hybridized carbons (Fsp3) is 0.118. The molecule has 0 fully saturated rings. The quantitative estimate of drug-likeness (QED) is 0.404. The van der Waals surface area contributed by atoms with Crippen LogP contribution in [-0.4, -0.2) is 9.38 Å². The number of halogens is 2. The molecule has 5 heteroatoms. The molecule has 0 N–H and O–H groups in total. The van der Waals surface area contributed by atoms with Gasteiger partial charge in [0.25, 0.3) is 0 Å². The average molecular weight is 347 g/mol. The first kappa shape index (κ1) is 14.1. The highest BCUT2D eigenvalue weighted by molar-refractivity contribution is 7.23. The lowest BCUT2D eigenvalue weighted by Crippen LogP contribution is -1.83. The second kappa shape index (κ2) is 4.98. The number of imidazole rings is 1. The molecule has 0 saturated heterocycles. The molecule has 0 aliphatic carbocycles. The summed E-state index contributed by atoms with van der Waals surface area (Å²) in [5, 5.41) is 1.25. The Balaban J connectivity index is 1.96. The molecule has 0 saturated carbocycles. The zero-order valence-corrected chi connectivity index (χ0v) is 14.4. The normalized spacial score (nSPS) is 11.6. The van der Waals surface area contributed by atoms with Gasteiger partial charge in [-0.25, -0.2) is 4.98 Å². The second-order valence-corrected chi connectivity index (χ2v) is 7.26. The molecule has 0 radical (unpaired) electrons. The van der Waals surface area contributed by atoms with Gasteiger partial charge in [-0.05, 0) is 55.3 Å². The number of nitrogens with zero attached hydrogens (tertiary/aromatic N) is 2. The first-order chi connectivity index (χ1) is 10.5. The van der Waals surface area contributed by atoms with Crippen molar-refractivity contribution in [1.29, 1.82) is 0 Å². The van der Waals surface area contributed by atoms with Gasteiger partial charge in [0.15, 0.2) is 4.96 Å². The first-order valence-electron chi connectivity index (χ1n) is 6.87. The Kier molecular flexibility index (Phi) is 3.19. The Morgan fingerprint density at radius 2 is 1.82 bits per heavy atom. The van der Waals surface area contributed by atoms with Crippen LogP contribution < -0.4 is 0 Å². The van der Waals surface area contributed by atoms with Crippen LogP contribution in [0.5, 0.6) is 0 Å². The van der Waals surface area contributed by atoms with Crippen molar-refractivity contribution >= 4 is 49.7 Å². The van der Waals surface area contributed by atoms with Crippen molar-refractivity contribution in [2.75, 3.05) is 0 Å². The molecule has 0 aliphatic heterocycles. The van der Waals surface area contributed by atoms with Gasteiger partial charge in [-0.15, -0.1) is 0 Å². The molecule has 0 spiro atoms. The smallest absolute Gasteiger partial charge is 0.195 e. The van der Waals surface area contributed by atoms with Gasteiger partial charge in [-0.3, -0.25) is 4.40 Å². The molecule has 22 heavy (non-hydrogen) atoms. The maximum Gasteiger partial charge on any atom is 0.195 e. The summed E-state index contributed by atoms with van der Waals surface area (Å²) in [5.41, 5.74) is 5.55. The van der Waals surface area contributed by atoms with Crippen LogP contribution in [0, 0.1) is 13.8 Å². The molecule has 0 amide bonds. The van der Waals surface area contributed by atoms with Gasteiger partial charge in [0.05, 0.1) is 20.9 Å². The molecule has 2 aromatic heterocycles. The van der Waals surface area contributed by atoms with E-state index in [1.165, 1.54) is 21.3 Å². The fourth-order valence-electron chi connectivity index (χ4n) is 2.58. The number of hydrogen-bond donors (Lipinski definition) is 0. The minimum absolute atomic E-state index is 0.620. The van der Waals surface area contributed by atoms with E-state index in [0.29, 0.717) is 10.0 Å². The molecule has 0 aliphatic rings. The van der Waals surface area contributed by atoms with E-state index in [-0.39, 0.29) is 0 Å². The van der Waals surface area contributed by atoms with Crippen molar-refractivity contribution in [3.05, 3.63) is 57.7 Å². The summed E-state index contributed by atoms with van der Waals surface area (Å²) < 4.78 is 3.38. The zero-order valence-electron chi connectivity index (χ0n) is 12.0. The summed E-state index contributed by atoms with van der Waals surface area (Å²) in [7, 11) is 0. The Hall–Kier alpha value is -1.55. The number of benzene rings is 2. The van der Waals surface area contributed by atoms with Crippen LogP contribution in [0.15, 0.2) is 36.5 Å². The first-order valence-corrected chi connectivity index (χ1v) is 8.44. The highest BCUT2D eigenvalue weighted by Gasteiger charge is 2.13. The van der Waals surface area contributed by atoms with Crippen molar-refractivity contribution in [2.45, 2.75) is 13.8 Å². The summed E-state index contributed by atoms with van der Waals surface area (Å²) in [4.78, 5) is 5.70. The van der Waals surface area contributed by atoms with Crippen LogP contribution in [0.2, 0.25) is 10.0 Å². The van der Waals surface area contributed by atoms with Crippen LogP contribution in [-0.2, 0) is 0 Å². The van der Waals surface area contributed by atoms with Gasteiger partial charge >= 0.3 is 0 Å². The predicted octanol–water partition coefficient (Wildman–Crippen LogP) is 6.14. The van der Waals surface area contributed by atoms with E-state index in [1.54, 1.807) is 17.4 Å². The monoisotopic (exact) mass is 346 g/mol. The SMILES string of the molecule is Cc1cc2sc3nc(-c4ccc(Cl)cc4Cl)cn3c2cc1C. The van der Waals surface area contributed by atoms with Gasteiger partial charge < -0.3 is 0 Å². The van der Waals surface area contributed by atoms with E-state index in [9.17, 15) is 0 Å². The number of thiazole rings is 1. The van der Waals surface area contributed by atoms with E-state index >= 15 is 0 Å². The molecule has 0 unspecified atom stereocenters. The number of hydrogen-bond acceptors (Lipinski definition) is 2. The Bertz CT molecular complexity index is 1030. The van der Waals surface area contributed by atoms with Gasteiger partial charge in [0, 0.05) is 16.8 Å². The predicted molar refractivity (Wildman–Crippen MR) is 95.5 cm³/mol. The zero-order chi connectivity index (χ0) is 15.4. The summed E-state index contributed by atoms with van der Waals surface area (Å²) in [6.45, 7) is 4.27. The van der Waals surface area contributed by atoms with Gasteiger partial charge in [0.2, 0.25) is 0 Å². The standard InChI is InChI=1S/C17H12Cl2N2S/c1-9-5-15-16(6-10(9)2)22-17-20-14(8-21(15)17)12-4-3-11(18)7-13(12)19/h3-8H,1-2H3. The van der Waals surface area contributed by atoms with Crippen LogP contribution >= 0.6 is 34.5 Å². The molecule has 4 rings (SSSR count). The molecule has 2 nitrogen and oxygen atoms in total. The van der Waals surface area contributed by atoms with E-state index in [4.69, 9.17) is 28.2 Å². The summed E-state index contributed by atoms with van der Waals surface area (Å²) in [5.74, 6) is 0. The molecule has 110 valence electrons. The highest BCUT2D eigenvalue weighted by atomic mass is 35.5. The van der Waals surface area contributed by atoms with Gasteiger partial charge in [0.1, 0.15) is 0 Å². The summed E-state index contributed by atoms with van der Waals surface area (Å²) in [6, 6.07) is 9.93. The molecule has 0 atom stereocenters.